The Morgan fingerprint density at radius 3 is 2.75 bits per heavy atom. The third-order valence-corrected chi connectivity index (χ3v) is 2.86. The first-order valence-electron chi connectivity index (χ1n) is 5.16. The van der Waals surface area contributed by atoms with Gasteiger partial charge in [0.1, 0.15) is 0 Å². The Labute approximate surface area is 75.9 Å². The van der Waals surface area contributed by atoms with Gasteiger partial charge in [0.2, 0.25) is 0 Å². The average molecular weight is 170 g/mol. The van der Waals surface area contributed by atoms with Crippen molar-refractivity contribution in [2.75, 3.05) is 13.1 Å². The summed E-state index contributed by atoms with van der Waals surface area (Å²) in [7, 11) is 0. The van der Waals surface area contributed by atoms with Crippen LogP contribution in [0.2, 0.25) is 0 Å². The molecule has 0 bridgehead atoms. The van der Waals surface area contributed by atoms with Crippen molar-refractivity contribution >= 4 is 0 Å². The summed E-state index contributed by atoms with van der Waals surface area (Å²) in [6.07, 6.45) is 3.90. The minimum atomic E-state index is 0.398. The van der Waals surface area contributed by atoms with E-state index in [1.54, 1.807) is 0 Å². The van der Waals surface area contributed by atoms with Crippen molar-refractivity contribution in [2.24, 2.45) is 17.6 Å². The number of piperidine rings is 1. The Morgan fingerprint density at radius 2 is 2.25 bits per heavy atom. The Morgan fingerprint density at radius 1 is 1.50 bits per heavy atom. The van der Waals surface area contributed by atoms with Crippen LogP contribution in [-0.2, 0) is 0 Å². The summed E-state index contributed by atoms with van der Waals surface area (Å²) in [5.41, 5.74) is 6.02. The third-order valence-electron chi connectivity index (χ3n) is 2.86. The van der Waals surface area contributed by atoms with Gasteiger partial charge < -0.3 is 11.1 Å². The lowest BCUT2D eigenvalue weighted by atomic mass is 9.89. The van der Waals surface area contributed by atoms with Gasteiger partial charge in [0.25, 0.3) is 0 Å². The van der Waals surface area contributed by atoms with E-state index >= 15 is 0 Å². The van der Waals surface area contributed by atoms with Crippen LogP contribution in [0, 0.1) is 11.8 Å². The van der Waals surface area contributed by atoms with Crippen LogP contribution in [0.4, 0.5) is 0 Å². The number of nitrogens with one attached hydrogen (secondary N) is 1. The summed E-state index contributed by atoms with van der Waals surface area (Å²) in [5, 5.41) is 3.42. The van der Waals surface area contributed by atoms with Crippen LogP contribution in [0.3, 0.4) is 0 Å². The van der Waals surface area contributed by atoms with Crippen LogP contribution >= 0.6 is 0 Å². The van der Waals surface area contributed by atoms with E-state index in [-0.39, 0.29) is 0 Å². The molecule has 0 spiro atoms. The topological polar surface area (TPSA) is 38.0 Å². The molecule has 2 unspecified atom stereocenters. The first-order valence-corrected chi connectivity index (χ1v) is 5.16. The summed E-state index contributed by atoms with van der Waals surface area (Å²) < 4.78 is 0. The van der Waals surface area contributed by atoms with Crippen LogP contribution < -0.4 is 11.1 Å². The molecule has 1 rings (SSSR count). The van der Waals surface area contributed by atoms with Crippen molar-refractivity contribution in [1.82, 2.24) is 5.32 Å². The SMILES string of the molecule is CC(C)C(N)CC1CCCNC1. The molecule has 0 aromatic carbocycles. The summed E-state index contributed by atoms with van der Waals surface area (Å²) >= 11 is 0. The largest absolute Gasteiger partial charge is 0.327 e. The molecule has 1 saturated heterocycles. The zero-order valence-electron chi connectivity index (χ0n) is 8.34. The van der Waals surface area contributed by atoms with Gasteiger partial charge in [-0.25, -0.2) is 0 Å². The predicted octanol–water partition coefficient (Wildman–Crippen LogP) is 1.36. The Hall–Kier alpha value is -0.0800. The lowest BCUT2D eigenvalue weighted by Crippen LogP contribution is -2.36. The molecule has 2 atom stereocenters. The first kappa shape index (κ1) is 10.0. The van der Waals surface area contributed by atoms with Crippen molar-refractivity contribution < 1.29 is 0 Å². The van der Waals surface area contributed by atoms with Crippen LogP contribution in [0.1, 0.15) is 33.1 Å². The van der Waals surface area contributed by atoms with Crippen molar-refractivity contribution in [3.05, 3.63) is 0 Å². The molecule has 0 saturated carbocycles. The zero-order chi connectivity index (χ0) is 8.97. The molecule has 1 heterocycles. The van der Waals surface area contributed by atoms with Crippen molar-refractivity contribution in [3.8, 4) is 0 Å². The Bertz CT molecular complexity index is 117. The van der Waals surface area contributed by atoms with E-state index in [2.05, 4.69) is 19.2 Å². The molecule has 0 aliphatic carbocycles. The van der Waals surface area contributed by atoms with Gasteiger partial charge in [0.15, 0.2) is 0 Å². The highest BCUT2D eigenvalue weighted by Gasteiger charge is 2.17. The molecule has 72 valence electrons. The number of nitrogens with two attached hydrogens (primary N) is 1. The van der Waals surface area contributed by atoms with Crippen LogP contribution in [0.25, 0.3) is 0 Å². The quantitative estimate of drug-likeness (QED) is 0.671. The van der Waals surface area contributed by atoms with Crippen LogP contribution in [0.5, 0.6) is 0 Å². The standard InChI is InChI=1S/C10H22N2/c1-8(2)10(11)6-9-4-3-5-12-7-9/h8-10,12H,3-7,11H2,1-2H3. The number of rotatable bonds is 3. The van der Waals surface area contributed by atoms with E-state index in [4.69, 9.17) is 5.73 Å². The Balaban J connectivity index is 2.20. The molecule has 0 amide bonds. The van der Waals surface area contributed by atoms with E-state index in [1.807, 2.05) is 0 Å². The fourth-order valence-electron chi connectivity index (χ4n) is 1.78. The molecule has 1 aliphatic heterocycles. The van der Waals surface area contributed by atoms with Crippen LogP contribution in [0.15, 0.2) is 0 Å². The van der Waals surface area contributed by atoms with E-state index in [9.17, 15) is 0 Å². The van der Waals surface area contributed by atoms with Gasteiger partial charge in [0.05, 0.1) is 0 Å². The van der Waals surface area contributed by atoms with Crippen molar-refractivity contribution in [1.29, 1.82) is 0 Å². The average Bonchev–Trinajstić information content (AvgIpc) is 2.06. The molecule has 2 nitrogen and oxygen atoms in total. The first-order chi connectivity index (χ1) is 5.70. The zero-order valence-corrected chi connectivity index (χ0v) is 8.34. The summed E-state index contributed by atoms with van der Waals surface area (Å²) in [4.78, 5) is 0. The summed E-state index contributed by atoms with van der Waals surface area (Å²) in [6, 6.07) is 0.398. The van der Waals surface area contributed by atoms with E-state index in [0.29, 0.717) is 12.0 Å². The van der Waals surface area contributed by atoms with Gasteiger partial charge >= 0.3 is 0 Å². The lowest BCUT2D eigenvalue weighted by Gasteiger charge is -2.26. The maximum absolute atomic E-state index is 6.02. The smallest absolute Gasteiger partial charge is 0.00650 e. The molecule has 2 heteroatoms. The third kappa shape index (κ3) is 3.11. The van der Waals surface area contributed by atoms with E-state index in [1.165, 1.54) is 32.4 Å². The fraction of sp³-hybridized carbons (Fsp3) is 1.00. The lowest BCUT2D eigenvalue weighted by molar-refractivity contribution is 0.308. The monoisotopic (exact) mass is 170 g/mol. The molecule has 0 aromatic heterocycles. The molecule has 12 heavy (non-hydrogen) atoms. The molecule has 0 aromatic rings. The maximum Gasteiger partial charge on any atom is 0.00650 e. The van der Waals surface area contributed by atoms with Crippen molar-refractivity contribution in [2.45, 2.75) is 39.2 Å². The molecule has 1 aliphatic rings. The van der Waals surface area contributed by atoms with Crippen LogP contribution in [-0.4, -0.2) is 19.1 Å². The minimum absolute atomic E-state index is 0.398. The van der Waals surface area contributed by atoms with Gasteiger partial charge in [-0.3, -0.25) is 0 Å². The molecule has 3 N–H and O–H groups in total. The van der Waals surface area contributed by atoms with Crippen molar-refractivity contribution in [3.63, 3.8) is 0 Å². The number of hydrogen-bond acceptors (Lipinski definition) is 2. The van der Waals surface area contributed by atoms with Gasteiger partial charge in [-0.05, 0) is 44.2 Å². The minimum Gasteiger partial charge on any atom is -0.327 e. The molecular weight excluding hydrogens is 148 g/mol. The summed E-state index contributed by atoms with van der Waals surface area (Å²) in [6.45, 7) is 6.80. The predicted molar refractivity (Wildman–Crippen MR) is 53.0 cm³/mol. The second-order valence-electron chi connectivity index (χ2n) is 4.36. The van der Waals surface area contributed by atoms with Gasteiger partial charge in [-0.2, -0.15) is 0 Å². The molecule has 0 radical (unpaired) electrons. The molecular formula is C10H22N2. The van der Waals surface area contributed by atoms with E-state index in [0.717, 1.165) is 5.92 Å². The normalized spacial score (nSPS) is 27.5. The highest BCUT2D eigenvalue weighted by atomic mass is 14.9. The maximum atomic E-state index is 6.02. The second-order valence-corrected chi connectivity index (χ2v) is 4.36. The molecule has 1 fully saturated rings. The van der Waals surface area contributed by atoms with Gasteiger partial charge in [-0.1, -0.05) is 13.8 Å². The van der Waals surface area contributed by atoms with Gasteiger partial charge in [-0.15, -0.1) is 0 Å². The van der Waals surface area contributed by atoms with E-state index < -0.39 is 0 Å². The number of hydrogen-bond donors (Lipinski definition) is 2. The Kier molecular flexibility index (Phi) is 4.02. The highest BCUT2D eigenvalue weighted by molar-refractivity contribution is 4.75. The highest BCUT2D eigenvalue weighted by Crippen LogP contribution is 2.18. The second kappa shape index (κ2) is 4.83. The fourth-order valence-corrected chi connectivity index (χ4v) is 1.78. The summed E-state index contributed by atoms with van der Waals surface area (Å²) in [5.74, 6) is 1.46. The van der Waals surface area contributed by atoms with Gasteiger partial charge in [0, 0.05) is 6.04 Å².